The highest BCUT2D eigenvalue weighted by atomic mass is 32.1. The summed E-state index contributed by atoms with van der Waals surface area (Å²) in [5.41, 5.74) is 2.08. The highest BCUT2D eigenvalue weighted by molar-refractivity contribution is 7.14. The Morgan fingerprint density at radius 1 is 1.19 bits per heavy atom. The Morgan fingerprint density at radius 2 is 1.94 bits per heavy atom. The summed E-state index contributed by atoms with van der Waals surface area (Å²) < 4.78 is 0. The average molecular weight is 449 g/mol. The van der Waals surface area contributed by atoms with Crippen LogP contribution in [0.4, 0.5) is 10.9 Å². The molecular formula is C23H24N6O2S. The largest absolute Gasteiger partial charge is 0.340 e. The van der Waals surface area contributed by atoms with E-state index in [1.807, 2.05) is 49.6 Å². The molecule has 3 aromatic rings. The minimum absolute atomic E-state index is 0.178. The number of carbonyl (C=O) groups excluding carboxylic acids is 2. The van der Waals surface area contributed by atoms with Crippen LogP contribution >= 0.6 is 11.3 Å². The van der Waals surface area contributed by atoms with Crippen LogP contribution in [0.2, 0.25) is 0 Å². The number of nitrogens with zero attached hydrogens (tertiary/aromatic N) is 4. The van der Waals surface area contributed by atoms with Gasteiger partial charge in [-0.05, 0) is 36.6 Å². The van der Waals surface area contributed by atoms with E-state index in [-0.39, 0.29) is 11.8 Å². The Morgan fingerprint density at radius 3 is 2.56 bits per heavy atom. The number of thiazole rings is 1. The smallest absolute Gasteiger partial charge is 0.257 e. The van der Waals surface area contributed by atoms with Crippen molar-refractivity contribution in [3.05, 3.63) is 59.6 Å². The van der Waals surface area contributed by atoms with Crippen molar-refractivity contribution >= 4 is 34.1 Å². The number of nitrogens with one attached hydrogen (secondary N) is 2. The number of hydrogen-bond acceptors (Lipinski definition) is 7. The van der Waals surface area contributed by atoms with Gasteiger partial charge in [-0.3, -0.25) is 14.5 Å². The van der Waals surface area contributed by atoms with E-state index >= 15 is 0 Å². The first kappa shape index (κ1) is 22.9. The molecule has 0 radical (unpaired) electrons. The van der Waals surface area contributed by atoms with Crippen LogP contribution in [-0.2, 0) is 4.79 Å². The third kappa shape index (κ3) is 5.89. The van der Waals surface area contributed by atoms with Crippen LogP contribution in [0.1, 0.15) is 30.6 Å². The summed E-state index contributed by atoms with van der Waals surface area (Å²) in [6, 6.07) is 11.9. The van der Waals surface area contributed by atoms with Crippen LogP contribution < -0.4 is 10.6 Å². The van der Waals surface area contributed by atoms with Crippen molar-refractivity contribution < 1.29 is 9.59 Å². The van der Waals surface area contributed by atoms with Gasteiger partial charge in [-0.15, -0.1) is 11.3 Å². The lowest BCUT2D eigenvalue weighted by Crippen LogP contribution is -2.46. The number of amides is 2. The van der Waals surface area contributed by atoms with Crippen LogP contribution in [-0.4, -0.2) is 39.8 Å². The Bertz CT molecular complexity index is 1110. The topological polar surface area (TPSA) is 111 Å². The van der Waals surface area contributed by atoms with Crippen LogP contribution in [0.3, 0.4) is 0 Å². The number of nitriles is 1. The molecule has 2 heterocycles. The van der Waals surface area contributed by atoms with Crippen molar-refractivity contribution in [2.45, 2.75) is 26.3 Å². The first-order valence-electron chi connectivity index (χ1n) is 10.1. The Kier molecular flexibility index (Phi) is 7.52. The molecule has 0 bridgehead atoms. The monoisotopic (exact) mass is 448 g/mol. The number of benzene rings is 1. The van der Waals surface area contributed by atoms with Crippen molar-refractivity contribution in [2.75, 3.05) is 12.4 Å². The zero-order chi connectivity index (χ0) is 23.1. The second kappa shape index (κ2) is 10.5. The minimum atomic E-state index is -0.759. The second-order valence-electron chi connectivity index (χ2n) is 7.61. The van der Waals surface area contributed by atoms with E-state index in [4.69, 9.17) is 5.26 Å². The second-order valence-corrected chi connectivity index (χ2v) is 8.47. The van der Waals surface area contributed by atoms with Gasteiger partial charge in [0.25, 0.3) is 11.8 Å². The fourth-order valence-electron chi connectivity index (χ4n) is 3.02. The molecule has 0 aliphatic carbocycles. The number of anilines is 2. The molecule has 164 valence electrons. The maximum atomic E-state index is 12.7. The van der Waals surface area contributed by atoms with Crippen molar-refractivity contribution in [3.8, 4) is 17.5 Å². The summed E-state index contributed by atoms with van der Waals surface area (Å²) >= 11 is 1.46. The Balaban J connectivity index is 1.68. The predicted molar refractivity (Wildman–Crippen MR) is 124 cm³/mol. The van der Waals surface area contributed by atoms with Crippen molar-refractivity contribution in [1.29, 1.82) is 5.26 Å². The quantitative estimate of drug-likeness (QED) is 0.398. The van der Waals surface area contributed by atoms with Gasteiger partial charge >= 0.3 is 0 Å². The van der Waals surface area contributed by atoms with Gasteiger partial charge in [0.15, 0.2) is 11.3 Å². The lowest BCUT2D eigenvalue weighted by molar-refractivity contribution is -0.129. The summed E-state index contributed by atoms with van der Waals surface area (Å²) in [6.07, 6.45) is 3.94. The first-order chi connectivity index (χ1) is 15.4. The number of aromatic nitrogens is 2. The highest BCUT2D eigenvalue weighted by Crippen LogP contribution is 2.26. The van der Waals surface area contributed by atoms with E-state index in [1.54, 1.807) is 24.5 Å². The standard InChI is InChI=1S/C23H24N6O2S/c1-15(2)12-18(22(31)29(3)14-24)26-21(30)17-9-7-16(8-10-17)19-13-32-23(27-19)28-20-6-4-5-11-25-20/h4-11,13,15,18H,12H2,1-3H3,(H,26,30)(H,25,27,28)/t18-/m0/s1. The summed E-state index contributed by atoms with van der Waals surface area (Å²) in [5.74, 6) is 0.101. The van der Waals surface area contributed by atoms with Gasteiger partial charge in [0, 0.05) is 29.8 Å². The molecule has 1 aromatic carbocycles. The fourth-order valence-corrected chi connectivity index (χ4v) is 3.75. The third-order valence-electron chi connectivity index (χ3n) is 4.64. The van der Waals surface area contributed by atoms with Gasteiger partial charge in [0.1, 0.15) is 11.9 Å². The van der Waals surface area contributed by atoms with Crippen LogP contribution in [0.5, 0.6) is 0 Å². The van der Waals surface area contributed by atoms with Crippen molar-refractivity contribution in [3.63, 3.8) is 0 Å². The summed E-state index contributed by atoms with van der Waals surface area (Å²) in [5, 5.41) is 17.6. The van der Waals surface area contributed by atoms with Crippen LogP contribution in [0.15, 0.2) is 54.0 Å². The van der Waals surface area contributed by atoms with E-state index in [9.17, 15) is 9.59 Å². The maximum Gasteiger partial charge on any atom is 0.257 e. The molecule has 0 saturated heterocycles. The first-order valence-corrected chi connectivity index (χ1v) is 11.0. The Hall–Kier alpha value is -3.77. The molecule has 0 aliphatic rings. The fraction of sp³-hybridized carbons (Fsp3) is 0.261. The van der Waals surface area contributed by atoms with Crippen molar-refractivity contribution in [2.24, 2.45) is 5.92 Å². The molecule has 0 aliphatic heterocycles. The molecule has 2 aromatic heterocycles. The maximum absolute atomic E-state index is 12.7. The van der Waals surface area contributed by atoms with Gasteiger partial charge in [-0.25, -0.2) is 9.97 Å². The average Bonchev–Trinajstić information content (AvgIpc) is 3.26. The molecule has 32 heavy (non-hydrogen) atoms. The molecule has 8 nitrogen and oxygen atoms in total. The van der Waals surface area contributed by atoms with Gasteiger partial charge < -0.3 is 10.6 Å². The SMILES string of the molecule is CC(C)C[C@H](NC(=O)c1ccc(-c2csc(Nc3ccccn3)n2)cc1)C(=O)N(C)C#N. The van der Waals surface area contributed by atoms with E-state index in [0.29, 0.717) is 17.8 Å². The van der Waals surface area contributed by atoms with E-state index in [0.717, 1.165) is 21.3 Å². The summed E-state index contributed by atoms with van der Waals surface area (Å²) in [7, 11) is 1.39. The lowest BCUT2D eigenvalue weighted by Gasteiger charge is -2.21. The molecule has 2 amide bonds. The van der Waals surface area contributed by atoms with Gasteiger partial charge in [0.2, 0.25) is 0 Å². The Labute approximate surface area is 190 Å². The molecule has 2 N–H and O–H groups in total. The van der Waals surface area contributed by atoms with Crippen LogP contribution in [0, 0.1) is 17.4 Å². The van der Waals surface area contributed by atoms with Gasteiger partial charge in [0.05, 0.1) is 5.69 Å². The zero-order valence-electron chi connectivity index (χ0n) is 18.1. The highest BCUT2D eigenvalue weighted by Gasteiger charge is 2.25. The van der Waals surface area contributed by atoms with Crippen LogP contribution in [0.25, 0.3) is 11.3 Å². The number of rotatable bonds is 8. The van der Waals surface area contributed by atoms with E-state index < -0.39 is 11.9 Å². The predicted octanol–water partition coefficient (Wildman–Crippen LogP) is 4.03. The van der Waals surface area contributed by atoms with E-state index in [2.05, 4.69) is 20.6 Å². The number of hydrogen-bond donors (Lipinski definition) is 2. The number of likely N-dealkylation sites (N-methyl/N-ethyl adjacent to an activating group) is 1. The van der Waals surface area contributed by atoms with Gasteiger partial charge in [-0.2, -0.15) is 5.26 Å². The molecule has 9 heteroatoms. The van der Waals surface area contributed by atoms with Crippen molar-refractivity contribution in [1.82, 2.24) is 20.2 Å². The number of pyridine rings is 1. The molecule has 1 atom stereocenters. The molecule has 0 spiro atoms. The molecule has 0 saturated carbocycles. The number of carbonyl (C=O) groups is 2. The molecular weight excluding hydrogens is 424 g/mol. The zero-order valence-corrected chi connectivity index (χ0v) is 18.9. The van der Waals surface area contributed by atoms with E-state index in [1.165, 1.54) is 18.4 Å². The summed E-state index contributed by atoms with van der Waals surface area (Å²) in [4.78, 5) is 34.9. The normalized spacial score (nSPS) is 11.5. The molecule has 0 unspecified atom stereocenters. The van der Waals surface area contributed by atoms with Gasteiger partial charge in [-0.1, -0.05) is 32.0 Å². The molecule has 0 fully saturated rings. The minimum Gasteiger partial charge on any atom is -0.340 e. The lowest BCUT2D eigenvalue weighted by atomic mass is 10.0. The summed E-state index contributed by atoms with van der Waals surface area (Å²) in [6.45, 7) is 3.91. The third-order valence-corrected chi connectivity index (χ3v) is 5.40. The molecule has 3 rings (SSSR count).